The summed E-state index contributed by atoms with van der Waals surface area (Å²) in [4.78, 5) is 32.1. The molecule has 7 nitrogen and oxygen atoms in total. The molecule has 1 unspecified atom stereocenters. The zero-order chi connectivity index (χ0) is 27.5. The standard InChI is InChI=1S/C30H36N4O3S2/c1-19-22-11-13-31-28(30(36)32-14-15-33(2)3)24(22)18-25-23-17-20(9-10-26(23)34(4)29(19)25)37-27(35)8-6-5-7-21-12-16-38-39-21/h9-11,13,17-18,21H,5-8,12,14-16H2,1-4H3,(H,32,36). The number of aromatic nitrogens is 2. The summed E-state index contributed by atoms with van der Waals surface area (Å²) in [5, 5.41) is 7.55. The fourth-order valence-electron chi connectivity index (χ4n) is 5.38. The highest BCUT2D eigenvalue weighted by molar-refractivity contribution is 8.77. The van der Waals surface area contributed by atoms with E-state index >= 15 is 0 Å². The monoisotopic (exact) mass is 564 g/mol. The molecule has 0 spiro atoms. The molecule has 5 rings (SSSR count). The maximum Gasteiger partial charge on any atom is 0.311 e. The SMILES string of the molecule is Cc1c2ccnc(C(=O)NCCN(C)C)c2cc2c3cc(OC(=O)CCCCC4CCSS4)ccc3n(C)c12. The first-order chi connectivity index (χ1) is 18.8. The number of unbranched alkanes of at least 4 members (excludes halogenated alkanes) is 1. The Hall–Kier alpha value is -2.75. The van der Waals surface area contributed by atoms with Crippen molar-refractivity contribution in [1.82, 2.24) is 19.8 Å². The van der Waals surface area contributed by atoms with Crippen LogP contribution in [0.3, 0.4) is 0 Å². The molecule has 0 bridgehead atoms. The number of fused-ring (bicyclic) bond motifs is 4. The zero-order valence-corrected chi connectivity index (χ0v) is 24.7. The van der Waals surface area contributed by atoms with Gasteiger partial charge in [-0.1, -0.05) is 28.0 Å². The number of likely N-dealkylation sites (N-methyl/N-ethyl adjacent to an activating group) is 1. The molecule has 0 saturated carbocycles. The number of ether oxygens (including phenoxy) is 1. The lowest BCUT2D eigenvalue weighted by Crippen LogP contribution is -2.31. The van der Waals surface area contributed by atoms with Gasteiger partial charge in [0.1, 0.15) is 11.4 Å². The molecule has 1 saturated heterocycles. The Morgan fingerprint density at radius 3 is 2.74 bits per heavy atom. The van der Waals surface area contributed by atoms with E-state index in [1.165, 1.54) is 18.6 Å². The van der Waals surface area contributed by atoms with E-state index < -0.39 is 0 Å². The number of benzene rings is 2. The molecule has 2 aromatic heterocycles. The van der Waals surface area contributed by atoms with Gasteiger partial charge in [0.15, 0.2) is 0 Å². The topological polar surface area (TPSA) is 76.5 Å². The molecule has 0 radical (unpaired) electrons. The summed E-state index contributed by atoms with van der Waals surface area (Å²) < 4.78 is 7.93. The third kappa shape index (κ3) is 6.05. The molecule has 4 aromatic rings. The quantitative estimate of drug-likeness (QED) is 0.108. The number of carbonyl (C=O) groups is 2. The number of amides is 1. The molecule has 9 heteroatoms. The largest absolute Gasteiger partial charge is 0.427 e. The van der Waals surface area contributed by atoms with Crippen LogP contribution in [-0.4, -0.2) is 64.5 Å². The van der Waals surface area contributed by atoms with E-state index in [1.54, 1.807) is 6.20 Å². The van der Waals surface area contributed by atoms with Crippen molar-refractivity contribution in [2.75, 3.05) is 32.9 Å². The van der Waals surface area contributed by atoms with E-state index in [4.69, 9.17) is 4.74 Å². The summed E-state index contributed by atoms with van der Waals surface area (Å²) in [7, 11) is 9.94. The second-order valence-corrected chi connectivity index (χ2v) is 13.3. The van der Waals surface area contributed by atoms with Crippen LogP contribution in [0.2, 0.25) is 0 Å². The van der Waals surface area contributed by atoms with Crippen LogP contribution >= 0.6 is 21.6 Å². The summed E-state index contributed by atoms with van der Waals surface area (Å²) in [5.41, 5.74) is 3.64. The lowest BCUT2D eigenvalue weighted by molar-refractivity contribution is -0.134. The van der Waals surface area contributed by atoms with Gasteiger partial charge in [0, 0.05) is 65.4 Å². The second-order valence-electron chi connectivity index (χ2n) is 10.5. The van der Waals surface area contributed by atoms with Crippen molar-refractivity contribution in [3.63, 3.8) is 0 Å². The third-order valence-electron chi connectivity index (χ3n) is 7.42. The fourth-order valence-corrected chi connectivity index (χ4v) is 8.41. The number of aryl methyl sites for hydroxylation is 2. The molecule has 1 N–H and O–H groups in total. The van der Waals surface area contributed by atoms with Crippen molar-refractivity contribution in [3.8, 4) is 5.75 Å². The maximum absolute atomic E-state index is 13.1. The van der Waals surface area contributed by atoms with Crippen LogP contribution < -0.4 is 10.1 Å². The average Bonchev–Trinajstić information content (AvgIpc) is 3.53. The number of rotatable bonds is 10. The van der Waals surface area contributed by atoms with Crippen LogP contribution in [0, 0.1) is 6.92 Å². The predicted octanol–water partition coefficient (Wildman–Crippen LogP) is 6.10. The van der Waals surface area contributed by atoms with Crippen molar-refractivity contribution in [2.24, 2.45) is 7.05 Å². The second kappa shape index (κ2) is 12.2. The number of hydrogen-bond acceptors (Lipinski definition) is 7. The number of nitrogens with one attached hydrogen (secondary N) is 1. The van der Waals surface area contributed by atoms with Crippen LogP contribution in [0.1, 0.15) is 48.2 Å². The van der Waals surface area contributed by atoms with Crippen molar-refractivity contribution in [1.29, 1.82) is 0 Å². The summed E-state index contributed by atoms with van der Waals surface area (Å²) in [6.07, 6.45) is 6.49. The molecular formula is C30H36N4O3S2. The molecule has 1 aliphatic rings. The minimum absolute atomic E-state index is 0.179. The van der Waals surface area contributed by atoms with Gasteiger partial charge in [0.05, 0.1) is 5.52 Å². The number of pyridine rings is 1. The van der Waals surface area contributed by atoms with Crippen molar-refractivity contribution >= 4 is 66.0 Å². The zero-order valence-electron chi connectivity index (χ0n) is 23.1. The lowest BCUT2D eigenvalue weighted by atomic mass is 10.00. The third-order valence-corrected chi connectivity index (χ3v) is 10.4. The van der Waals surface area contributed by atoms with Crippen molar-refractivity contribution in [2.45, 2.75) is 44.3 Å². The number of hydrogen-bond donors (Lipinski definition) is 1. The van der Waals surface area contributed by atoms with Gasteiger partial charge >= 0.3 is 5.97 Å². The van der Waals surface area contributed by atoms with Crippen molar-refractivity contribution in [3.05, 3.63) is 47.8 Å². The highest BCUT2D eigenvalue weighted by Gasteiger charge is 2.19. The lowest BCUT2D eigenvalue weighted by Gasteiger charge is -2.12. The Labute approximate surface area is 237 Å². The van der Waals surface area contributed by atoms with Gasteiger partial charge in [-0.15, -0.1) is 0 Å². The van der Waals surface area contributed by atoms with Gasteiger partial charge < -0.3 is 19.5 Å². The molecule has 0 aliphatic carbocycles. The first-order valence-electron chi connectivity index (χ1n) is 13.6. The molecule has 1 atom stereocenters. The van der Waals surface area contributed by atoms with E-state index in [1.807, 2.05) is 71.9 Å². The van der Waals surface area contributed by atoms with Gasteiger partial charge in [-0.2, -0.15) is 0 Å². The van der Waals surface area contributed by atoms with Gasteiger partial charge in [-0.3, -0.25) is 14.6 Å². The van der Waals surface area contributed by atoms with Crippen molar-refractivity contribution < 1.29 is 14.3 Å². The van der Waals surface area contributed by atoms with Crippen LogP contribution in [-0.2, 0) is 11.8 Å². The highest BCUT2D eigenvalue weighted by atomic mass is 33.1. The molecular weight excluding hydrogens is 528 g/mol. The smallest absolute Gasteiger partial charge is 0.311 e. The van der Waals surface area contributed by atoms with Gasteiger partial charge in [0.25, 0.3) is 5.91 Å². The predicted molar refractivity (Wildman–Crippen MR) is 164 cm³/mol. The molecule has 1 fully saturated rings. The van der Waals surface area contributed by atoms with E-state index in [-0.39, 0.29) is 11.9 Å². The van der Waals surface area contributed by atoms with Gasteiger partial charge in [-0.05, 0) is 81.6 Å². The van der Waals surface area contributed by atoms with E-state index in [2.05, 4.69) is 27.9 Å². The summed E-state index contributed by atoms with van der Waals surface area (Å²) in [6, 6.07) is 9.84. The molecule has 206 valence electrons. The Morgan fingerprint density at radius 1 is 1.13 bits per heavy atom. The van der Waals surface area contributed by atoms with Crippen LogP contribution in [0.4, 0.5) is 0 Å². The van der Waals surface area contributed by atoms with E-state index in [0.29, 0.717) is 24.4 Å². The minimum atomic E-state index is -0.189. The summed E-state index contributed by atoms with van der Waals surface area (Å²) >= 11 is 0. The van der Waals surface area contributed by atoms with Crippen LogP contribution in [0.15, 0.2) is 36.5 Å². The number of nitrogens with zero attached hydrogens (tertiary/aromatic N) is 3. The number of esters is 1. The van der Waals surface area contributed by atoms with Crippen LogP contribution in [0.5, 0.6) is 5.75 Å². The Balaban J connectivity index is 1.41. The van der Waals surface area contributed by atoms with Gasteiger partial charge in [-0.25, -0.2) is 0 Å². The maximum atomic E-state index is 13.1. The first kappa shape index (κ1) is 27.8. The molecule has 1 aliphatic heterocycles. The minimum Gasteiger partial charge on any atom is -0.427 e. The first-order valence-corrected chi connectivity index (χ1v) is 15.9. The van der Waals surface area contributed by atoms with Crippen LogP contribution in [0.25, 0.3) is 32.6 Å². The fraction of sp³-hybridized carbons (Fsp3) is 0.433. The molecule has 1 amide bonds. The summed E-state index contributed by atoms with van der Waals surface area (Å²) in [5.74, 6) is 1.42. The Bertz CT molecular complexity index is 1530. The van der Waals surface area contributed by atoms with E-state index in [9.17, 15) is 9.59 Å². The Kier molecular flexibility index (Phi) is 8.69. The normalized spacial score (nSPS) is 15.6. The number of carbonyl (C=O) groups excluding carboxylic acids is 2. The molecule has 3 heterocycles. The highest BCUT2D eigenvalue weighted by Crippen LogP contribution is 2.40. The summed E-state index contributed by atoms with van der Waals surface area (Å²) in [6.45, 7) is 3.39. The molecule has 2 aromatic carbocycles. The van der Waals surface area contributed by atoms with E-state index in [0.717, 1.165) is 62.8 Å². The molecule has 39 heavy (non-hydrogen) atoms. The average molecular weight is 565 g/mol. The van der Waals surface area contributed by atoms with Gasteiger partial charge in [0.2, 0.25) is 0 Å². The Morgan fingerprint density at radius 2 is 1.97 bits per heavy atom.